The molecular weight excluding hydrogens is 765 g/mol. The normalized spacial score (nSPS) is 16.8. The largest absolute Gasteiger partial charge is 0.480 e. The highest BCUT2D eigenvalue weighted by molar-refractivity contribution is 7.55. The minimum atomic E-state index is -6.18. The van der Waals surface area contributed by atoms with E-state index < -0.39 is 133 Å². The fourth-order valence-corrected chi connectivity index (χ4v) is 8.88. The molecule has 0 saturated heterocycles. The molecule has 0 spiro atoms. The quantitative estimate of drug-likeness (QED) is 0.0483. The van der Waals surface area contributed by atoms with Crippen LogP contribution in [0, 0.1) is 0 Å². The van der Waals surface area contributed by atoms with E-state index in [4.69, 9.17) is 0 Å². The predicted octanol–water partition coefficient (Wildman–Crippen LogP) is -5.17. The van der Waals surface area contributed by atoms with Crippen LogP contribution in [0.25, 0.3) is 0 Å². The van der Waals surface area contributed by atoms with Gasteiger partial charge >= 0.3 is 67.8 Å². The molecule has 5 unspecified atom stereocenters. The number of hydrogen-bond donors (Lipinski definition) is 15. The van der Waals surface area contributed by atoms with Crippen LogP contribution in [0.3, 0.4) is 0 Å². The molecule has 0 aromatic rings. The highest BCUT2D eigenvalue weighted by Crippen LogP contribution is 2.52. The fourth-order valence-electron chi connectivity index (χ4n) is 4.03. The standard InChI is InChI=1S/C14H28N3O25P5/c18-10(19)5(43(28,29)30)15(1-3-16(6(11(20)21)44(31,32)33)7(12(22)23)45(34,35)36)2-4-17(8(13(24)25)46(37,38)39)9(14(26)27)47(40,41)42/h5-9H,1-4H2,(H,18,19)(H,20,21)(H,22,23)(H,24,25)(H,26,27)(H2,28,29,30)(H2,31,32,33)(H2,34,35,36)(H2,37,38,39)(H2,40,41,42). The molecule has 5 atom stereocenters. The first-order valence-electron chi connectivity index (χ1n) is 11.3. The van der Waals surface area contributed by atoms with Crippen LogP contribution in [0.1, 0.15) is 0 Å². The molecule has 15 N–H and O–H groups in total. The Balaban J connectivity index is 7.49. The summed E-state index contributed by atoms with van der Waals surface area (Å²) < 4.78 is 59.8. The molecule has 0 aromatic heterocycles. The van der Waals surface area contributed by atoms with Crippen LogP contribution in [0.5, 0.6) is 0 Å². The second-order valence-electron chi connectivity index (χ2n) is 9.02. The lowest BCUT2D eigenvalue weighted by Gasteiger charge is -2.38. The van der Waals surface area contributed by atoms with Crippen molar-refractivity contribution in [2.75, 3.05) is 26.2 Å². The Hall–Kier alpha value is -2.02. The van der Waals surface area contributed by atoms with Gasteiger partial charge in [-0.2, -0.15) is 0 Å². The lowest BCUT2D eigenvalue weighted by Crippen LogP contribution is -2.56. The zero-order valence-electron chi connectivity index (χ0n) is 22.6. The van der Waals surface area contributed by atoms with Crippen molar-refractivity contribution >= 4 is 67.8 Å². The molecule has 0 amide bonds. The van der Waals surface area contributed by atoms with E-state index >= 15 is 0 Å². The van der Waals surface area contributed by atoms with Gasteiger partial charge in [-0.1, -0.05) is 0 Å². The highest BCUT2D eigenvalue weighted by atomic mass is 31.2. The maximum atomic E-state index is 12.1. The molecule has 0 bridgehead atoms. The van der Waals surface area contributed by atoms with E-state index in [-0.39, 0.29) is 4.90 Å². The van der Waals surface area contributed by atoms with E-state index in [1.165, 1.54) is 0 Å². The van der Waals surface area contributed by atoms with Gasteiger partial charge in [-0.25, -0.2) is 24.0 Å². The van der Waals surface area contributed by atoms with E-state index in [1.807, 2.05) is 0 Å². The summed E-state index contributed by atoms with van der Waals surface area (Å²) in [6, 6.07) is 0. The average molecular weight is 793 g/mol. The lowest BCUT2D eigenvalue weighted by molar-refractivity contribution is -0.147. The van der Waals surface area contributed by atoms with Gasteiger partial charge in [0.25, 0.3) is 0 Å². The lowest BCUT2D eigenvalue weighted by atomic mass is 10.3. The van der Waals surface area contributed by atoms with Crippen molar-refractivity contribution in [3.63, 3.8) is 0 Å². The maximum absolute atomic E-state index is 12.1. The molecule has 0 rings (SSSR count). The summed E-state index contributed by atoms with van der Waals surface area (Å²) in [7, 11) is -30.8. The maximum Gasteiger partial charge on any atom is 0.354 e. The predicted molar refractivity (Wildman–Crippen MR) is 142 cm³/mol. The number of nitrogens with zero attached hydrogens (tertiary/aromatic N) is 3. The van der Waals surface area contributed by atoms with Gasteiger partial charge in [-0.3, -0.25) is 37.5 Å². The van der Waals surface area contributed by atoms with Crippen LogP contribution in [-0.4, -0.2) is 174 Å². The Morgan fingerprint density at radius 3 is 0.660 bits per heavy atom. The van der Waals surface area contributed by atoms with Gasteiger partial charge in [0.1, 0.15) is 0 Å². The number of aliphatic carboxylic acids is 5. The van der Waals surface area contributed by atoms with Crippen molar-refractivity contribution in [2.45, 2.75) is 28.9 Å². The Morgan fingerprint density at radius 2 is 0.532 bits per heavy atom. The zero-order valence-corrected chi connectivity index (χ0v) is 27.1. The second kappa shape index (κ2) is 16.1. The Morgan fingerprint density at radius 1 is 0.362 bits per heavy atom. The van der Waals surface area contributed by atoms with Crippen LogP contribution >= 0.6 is 38.0 Å². The molecule has 0 fully saturated rings. The van der Waals surface area contributed by atoms with Crippen molar-refractivity contribution in [3.8, 4) is 0 Å². The Bertz CT molecular complexity index is 1290. The summed E-state index contributed by atoms with van der Waals surface area (Å²) in [6.45, 7) is -6.89. The number of carboxylic acid groups (broad SMARTS) is 5. The summed E-state index contributed by atoms with van der Waals surface area (Å²) >= 11 is 0. The molecule has 0 radical (unpaired) electrons. The molecule has 0 aliphatic heterocycles. The summed E-state index contributed by atoms with van der Waals surface area (Å²) in [6.07, 6.45) is 0. The molecular formula is C14H28N3O25P5. The van der Waals surface area contributed by atoms with E-state index in [0.29, 0.717) is 0 Å². The van der Waals surface area contributed by atoms with Gasteiger partial charge in [0.15, 0.2) is 0 Å². The molecule has 0 aliphatic rings. The third-order valence-corrected chi connectivity index (χ3v) is 11.4. The molecule has 0 heterocycles. The van der Waals surface area contributed by atoms with E-state index in [1.54, 1.807) is 0 Å². The van der Waals surface area contributed by atoms with Gasteiger partial charge in [0.05, 0.1) is 0 Å². The average Bonchev–Trinajstić information content (AvgIpc) is 2.74. The first kappa shape index (κ1) is 45.0. The monoisotopic (exact) mass is 793 g/mol. The third-order valence-electron chi connectivity index (χ3n) is 5.59. The summed E-state index contributed by atoms with van der Waals surface area (Å²) in [5, 5.41) is 46.9. The van der Waals surface area contributed by atoms with Gasteiger partial charge in [-0.05, 0) is 0 Å². The highest BCUT2D eigenvalue weighted by Gasteiger charge is 2.54. The number of carboxylic acids is 5. The van der Waals surface area contributed by atoms with E-state index in [2.05, 4.69) is 0 Å². The van der Waals surface area contributed by atoms with E-state index in [9.17, 15) is 121 Å². The van der Waals surface area contributed by atoms with Crippen LogP contribution in [0.2, 0.25) is 0 Å². The van der Waals surface area contributed by atoms with Crippen molar-refractivity contribution in [2.24, 2.45) is 0 Å². The van der Waals surface area contributed by atoms with Crippen molar-refractivity contribution in [3.05, 3.63) is 0 Å². The molecule has 0 aliphatic carbocycles. The number of rotatable bonds is 21. The molecule has 0 saturated carbocycles. The molecule has 33 heteroatoms. The Labute approximate surface area is 259 Å². The van der Waals surface area contributed by atoms with E-state index in [0.717, 1.165) is 0 Å². The molecule has 274 valence electrons. The number of carbonyl (C=O) groups is 5. The minimum absolute atomic E-state index is 0.197. The third kappa shape index (κ3) is 12.7. The van der Waals surface area contributed by atoms with Crippen LogP contribution < -0.4 is 0 Å². The van der Waals surface area contributed by atoms with Gasteiger partial charge in [0.2, 0.25) is 28.9 Å². The Kier molecular flexibility index (Phi) is 15.4. The van der Waals surface area contributed by atoms with Crippen LogP contribution in [-0.2, 0) is 46.8 Å². The number of hydrogen-bond acceptors (Lipinski definition) is 13. The summed E-state index contributed by atoms with van der Waals surface area (Å²) in [5.74, 6) is -30.4. The summed E-state index contributed by atoms with van der Waals surface area (Å²) in [5.41, 5.74) is 0. The second-order valence-corrected chi connectivity index (χ2v) is 17.4. The molecule has 28 nitrogen and oxygen atoms in total. The molecule has 47 heavy (non-hydrogen) atoms. The van der Waals surface area contributed by atoms with Gasteiger partial charge < -0.3 is 74.5 Å². The smallest absolute Gasteiger partial charge is 0.354 e. The minimum Gasteiger partial charge on any atom is -0.480 e. The van der Waals surface area contributed by atoms with Crippen molar-refractivity contribution in [1.29, 1.82) is 0 Å². The molecule has 0 aromatic carbocycles. The van der Waals surface area contributed by atoms with Crippen molar-refractivity contribution < 1.29 is 121 Å². The topological polar surface area (TPSA) is 484 Å². The fraction of sp³-hybridized carbons (Fsp3) is 0.643. The zero-order chi connectivity index (χ0) is 37.8. The summed E-state index contributed by atoms with van der Waals surface area (Å²) in [4.78, 5) is 152. The first-order chi connectivity index (χ1) is 20.7. The van der Waals surface area contributed by atoms with Gasteiger partial charge in [0, 0.05) is 26.2 Å². The SMILES string of the molecule is O=C(O)C(N(CCN(C(C(=O)O)P(=O)(O)O)C(C(=O)O)P(=O)(O)O)CCN(C(C(=O)O)P(=O)(O)O)C(C(=O)O)P(=O)(O)O)P(=O)(O)O. The van der Waals surface area contributed by atoms with Crippen LogP contribution in [0.15, 0.2) is 0 Å². The van der Waals surface area contributed by atoms with Gasteiger partial charge in [-0.15, -0.1) is 0 Å². The van der Waals surface area contributed by atoms with Crippen LogP contribution in [0.4, 0.5) is 0 Å². The van der Waals surface area contributed by atoms with Crippen molar-refractivity contribution in [1.82, 2.24) is 14.7 Å². The first-order valence-corrected chi connectivity index (χ1v) is 19.7.